The molecule has 1 aromatic heterocycles. The molecule has 0 fully saturated rings. The van der Waals surface area contributed by atoms with Crippen molar-refractivity contribution in [3.05, 3.63) is 21.6 Å². The number of carboxylic acid groups (broad SMARTS) is 1. The fraction of sp³-hybridized carbons (Fsp3) is 0.600. The average Bonchev–Trinajstić information content (AvgIpc) is 2.67. The number of carbonyl (C=O) groups is 1. The van der Waals surface area contributed by atoms with Gasteiger partial charge in [-0.2, -0.15) is 0 Å². The second-order valence-corrected chi connectivity index (χ2v) is 4.03. The van der Waals surface area contributed by atoms with Gasteiger partial charge in [-0.1, -0.05) is 6.92 Å². The number of aromatic nitrogens is 2. The van der Waals surface area contributed by atoms with Gasteiger partial charge in [-0.25, -0.2) is 0 Å². The third-order valence-electron chi connectivity index (χ3n) is 3.06. The molecule has 0 aromatic carbocycles. The number of carboxylic acids is 1. The molecule has 2 heterocycles. The van der Waals surface area contributed by atoms with Crippen molar-refractivity contribution in [3.63, 3.8) is 0 Å². The first-order valence-corrected chi connectivity index (χ1v) is 5.52. The van der Waals surface area contributed by atoms with Crippen LogP contribution in [0.25, 0.3) is 0 Å². The molecule has 0 saturated heterocycles. The van der Waals surface area contributed by atoms with Crippen LogP contribution < -0.4 is 0 Å². The summed E-state index contributed by atoms with van der Waals surface area (Å²) in [5.74, 6) is -1.53. The Morgan fingerprint density at radius 2 is 2.41 bits per heavy atom. The van der Waals surface area contributed by atoms with E-state index in [0.29, 0.717) is 31.6 Å². The molecule has 0 bridgehead atoms. The van der Waals surface area contributed by atoms with Crippen molar-refractivity contribution in [2.75, 3.05) is 0 Å². The lowest BCUT2D eigenvalue weighted by molar-refractivity contribution is -0.390. The SMILES string of the molecule is CCc1nc([N+](=O)[O-])c2n1CCCC2C(=O)O. The highest BCUT2D eigenvalue weighted by Crippen LogP contribution is 2.35. The third-order valence-corrected chi connectivity index (χ3v) is 3.06. The van der Waals surface area contributed by atoms with Gasteiger partial charge in [0.25, 0.3) is 0 Å². The second-order valence-electron chi connectivity index (χ2n) is 4.03. The molecule has 7 nitrogen and oxygen atoms in total. The van der Waals surface area contributed by atoms with Gasteiger partial charge in [-0.3, -0.25) is 4.79 Å². The van der Waals surface area contributed by atoms with E-state index >= 15 is 0 Å². The number of aryl methyl sites for hydroxylation is 1. The molecule has 92 valence electrons. The molecule has 1 unspecified atom stereocenters. The number of hydrogen-bond donors (Lipinski definition) is 1. The van der Waals surface area contributed by atoms with Crippen molar-refractivity contribution in [1.82, 2.24) is 9.55 Å². The maximum absolute atomic E-state index is 11.1. The van der Waals surface area contributed by atoms with E-state index in [1.54, 1.807) is 4.57 Å². The molecule has 2 rings (SSSR count). The summed E-state index contributed by atoms with van der Waals surface area (Å²) in [7, 11) is 0. The van der Waals surface area contributed by atoms with Crippen LogP contribution in [0, 0.1) is 10.1 Å². The highest BCUT2D eigenvalue weighted by molar-refractivity contribution is 5.77. The predicted molar refractivity (Wildman–Crippen MR) is 57.9 cm³/mol. The quantitative estimate of drug-likeness (QED) is 0.633. The molecule has 1 aromatic rings. The Hall–Kier alpha value is -1.92. The summed E-state index contributed by atoms with van der Waals surface area (Å²) in [4.78, 5) is 25.4. The first kappa shape index (κ1) is 11.6. The Balaban J connectivity index is 2.61. The van der Waals surface area contributed by atoms with Crippen LogP contribution >= 0.6 is 0 Å². The van der Waals surface area contributed by atoms with E-state index < -0.39 is 16.8 Å². The van der Waals surface area contributed by atoms with Crippen molar-refractivity contribution in [1.29, 1.82) is 0 Å². The molecular weight excluding hydrogens is 226 g/mol. The molecule has 7 heteroatoms. The van der Waals surface area contributed by atoms with E-state index in [-0.39, 0.29) is 11.5 Å². The number of nitrogens with zero attached hydrogens (tertiary/aromatic N) is 3. The van der Waals surface area contributed by atoms with E-state index in [4.69, 9.17) is 5.11 Å². The Labute approximate surface area is 97.2 Å². The van der Waals surface area contributed by atoms with E-state index in [2.05, 4.69) is 4.98 Å². The number of hydrogen-bond acceptors (Lipinski definition) is 4. The highest BCUT2D eigenvalue weighted by atomic mass is 16.6. The van der Waals surface area contributed by atoms with Gasteiger partial charge >= 0.3 is 11.8 Å². The summed E-state index contributed by atoms with van der Waals surface area (Å²) in [6.45, 7) is 2.47. The van der Waals surface area contributed by atoms with Crippen LogP contribution in [0.3, 0.4) is 0 Å². The van der Waals surface area contributed by atoms with Crippen molar-refractivity contribution >= 4 is 11.8 Å². The summed E-state index contributed by atoms with van der Waals surface area (Å²) >= 11 is 0. The molecule has 1 N–H and O–H groups in total. The third kappa shape index (κ3) is 1.77. The fourth-order valence-electron chi connectivity index (χ4n) is 2.33. The summed E-state index contributed by atoms with van der Waals surface area (Å²) in [6, 6.07) is 0. The molecule has 0 saturated carbocycles. The van der Waals surface area contributed by atoms with E-state index in [1.165, 1.54) is 0 Å². The normalized spacial score (nSPS) is 18.8. The summed E-state index contributed by atoms with van der Waals surface area (Å²) in [6.07, 6.45) is 1.71. The number of fused-ring (bicyclic) bond motifs is 1. The van der Waals surface area contributed by atoms with Crippen molar-refractivity contribution in [2.45, 2.75) is 38.6 Å². The molecule has 0 spiro atoms. The van der Waals surface area contributed by atoms with Gasteiger partial charge in [0.2, 0.25) is 5.82 Å². The maximum Gasteiger partial charge on any atom is 0.386 e. The Bertz CT molecular complexity index is 480. The topological polar surface area (TPSA) is 98.3 Å². The van der Waals surface area contributed by atoms with Gasteiger partial charge in [0, 0.05) is 13.0 Å². The zero-order chi connectivity index (χ0) is 12.6. The summed E-state index contributed by atoms with van der Waals surface area (Å²) in [5, 5.41) is 20.0. The molecule has 1 aliphatic rings. The van der Waals surface area contributed by atoms with Gasteiger partial charge in [0.15, 0.2) is 0 Å². The smallest absolute Gasteiger partial charge is 0.386 e. The van der Waals surface area contributed by atoms with Crippen LogP contribution in [0.4, 0.5) is 5.82 Å². The van der Waals surface area contributed by atoms with Crippen molar-refractivity contribution < 1.29 is 14.8 Å². The van der Waals surface area contributed by atoms with Crippen LogP contribution in [-0.4, -0.2) is 25.6 Å². The lowest BCUT2D eigenvalue weighted by Crippen LogP contribution is -2.23. The molecule has 0 amide bonds. The minimum Gasteiger partial charge on any atom is -0.481 e. The molecule has 0 radical (unpaired) electrons. The van der Waals surface area contributed by atoms with Gasteiger partial charge in [-0.05, 0) is 22.7 Å². The predicted octanol–water partition coefficient (Wildman–Crippen LogP) is 1.32. The minimum atomic E-state index is -1.02. The van der Waals surface area contributed by atoms with E-state index in [1.807, 2.05) is 6.92 Å². The minimum absolute atomic E-state index is 0.255. The highest BCUT2D eigenvalue weighted by Gasteiger charge is 2.38. The first-order valence-electron chi connectivity index (χ1n) is 5.52. The monoisotopic (exact) mass is 239 g/mol. The van der Waals surface area contributed by atoms with Crippen LogP contribution in [0.15, 0.2) is 0 Å². The number of aliphatic carboxylic acids is 1. The number of nitro groups is 1. The fourth-order valence-corrected chi connectivity index (χ4v) is 2.33. The van der Waals surface area contributed by atoms with Crippen molar-refractivity contribution in [3.8, 4) is 0 Å². The molecule has 1 aliphatic heterocycles. The number of imidazole rings is 1. The average molecular weight is 239 g/mol. The lowest BCUT2D eigenvalue weighted by atomic mass is 9.96. The largest absolute Gasteiger partial charge is 0.481 e. The molecule has 17 heavy (non-hydrogen) atoms. The Kier molecular flexibility index (Phi) is 2.83. The maximum atomic E-state index is 11.1. The van der Waals surface area contributed by atoms with Crippen molar-refractivity contribution in [2.24, 2.45) is 0 Å². The Morgan fingerprint density at radius 1 is 1.71 bits per heavy atom. The zero-order valence-electron chi connectivity index (χ0n) is 9.42. The van der Waals surface area contributed by atoms with Gasteiger partial charge in [0.1, 0.15) is 11.6 Å². The van der Waals surface area contributed by atoms with E-state index in [0.717, 1.165) is 0 Å². The zero-order valence-corrected chi connectivity index (χ0v) is 9.42. The summed E-state index contributed by atoms with van der Waals surface area (Å²) < 4.78 is 1.69. The van der Waals surface area contributed by atoms with Gasteiger partial charge < -0.3 is 19.8 Å². The second kappa shape index (κ2) is 4.15. The van der Waals surface area contributed by atoms with Crippen LogP contribution in [-0.2, 0) is 17.8 Å². The van der Waals surface area contributed by atoms with Gasteiger partial charge in [-0.15, -0.1) is 0 Å². The number of rotatable bonds is 3. The summed E-state index contributed by atoms with van der Waals surface area (Å²) in [5.41, 5.74) is 0.255. The first-order chi connectivity index (χ1) is 8.06. The van der Waals surface area contributed by atoms with Crippen LogP contribution in [0.5, 0.6) is 0 Å². The molecule has 1 atom stereocenters. The Morgan fingerprint density at radius 3 is 2.94 bits per heavy atom. The van der Waals surface area contributed by atoms with E-state index in [9.17, 15) is 14.9 Å². The lowest BCUT2D eigenvalue weighted by Gasteiger charge is -2.20. The molecular formula is C10H13N3O4. The van der Waals surface area contributed by atoms with Crippen LogP contribution in [0.2, 0.25) is 0 Å². The molecule has 0 aliphatic carbocycles. The van der Waals surface area contributed by atoms with Gasteiger partial charge in [0.05, 0.1) is 0 Å². The standard InChI is InChI=1S/C10H13N3O4/c1-2-7-11-9(13(16)17)8-6(10(14)15)4-3-5-12(7)8/h6H,2-5H2,1H3,(H,14,15). The van der Waals surface area contributed by atoms with Crippen LogP contribution in [0.1, 0.15) is 37.2 Å².